The quantitative estimate of drug-likeness (QED) is 0.658. The van der Waals surface area contributed by atoms with Crippen LogP contribution >= 0.6 is 0 Å². The molecule has 76 valence electrons. The Morgan fingerprint density at radius 3 is 2.86 bits per heavy atom. The lowest BCUT2D eigenvalue weighted by molar-refractivity contribution is 0.0524. The van der Waals surface area contributed by atoms with Crippen molar-refractivity contribution in [2.75, 3.05) is 6.61 Å². The lowest BCUT2D eigenvalue weighted by atomic mass is 10.3. The maximum atomic E-state index is 11.2. The highest BCUT2D eigenvalue weighted by Crippen LogP contribution is 1.97. The van der Waals surface area contributed by atoms with Crippen molar-refractivity contribution >= 4 is 5.97 Å². The number of hydrogen-bond donors (Lipinski definition) is 0. The molecule has 0 radical (unpaired) electrons. The molecule has 0 amide bonds. The Balaban J connectivity index is 3.00. The summed E-state index contributed by atoms with van der Waals surface area (Å²) >= 11 is 0. The fourth-order valence-corrected chi connectivity index (χ4v) is 1.00. The zero-order valence-electron chi connectivity index (χ0n) is 8.19. The summed E-state index contributed by atoms with van der Waals surface area (Å²) < 4.78 is 6.13. The van der Waals surface area contributed by atoms with E-state index < -0.39 is 5.97 Å². The van der Waals surface area contributed by atoms with Crippen LogP contribution < -0.4 is 5.69 Å². The summed E-state index contributed by atoms with van der Waals surface area (Å²) in [7, 11) is 0. The molecular formula is C9H12N2O3. The minimum absolute atomic E-state index is 0.299. The number of ether oxygens (including phenoxy) is 1. The van der Waals surface area contributed by atoms with Gasteiger partial charge in [0, 0.05) is 18.9 Å². The van der Waals surface area contributed by atoms with Gasteiger partial charge in [-0.05, 0) is 13.8 Å². The highest BCUT2D eigenvalue weighted by atomic mass is 16.5. The van der Waals surface area contributed by atoms with Crippen LogP contribution in [0.25, 0.3) is 0 Å². The predicted octanol–water partition coefficient (Wildman–Crippen LogP) is 0.440. The van der Waals surface area contributed by atoms with E-state index in [1.54, 1.807) is 13.8 Å². The fraction of sp³-hybridized carbons (Fsp3) is 0.444. The standard InChI is InChI=1S/C9H12N2O3/c1-3-11-6-7(5-10-9(11)13)8(12)14-4-2/h5-6H,3-4H2,1-2H3. The lowest BCUT2D eigenvalue weighted by Gasteiger charge is -2.03. The summed E-state index contributed by atoms with van der Waals surface area (Å²) in [6.45, 7) is 4.32. The monoisotopic (exact) mass is 196 g/mol. The highest BCUT2D eigenvalue weighted by Gasteiger charge is 2.07. The van der Waals surface area contributed by atoms with Crippen LogP contribution in [0.2, 0.25) is 0 Å². The third-order valence-electron chi connectivity index (χ3n) is 1.71. The molecule has 0 aliphatic rings. The molecule has 5 nitrogen and oxygen atoms in total. The molecule has 0 fully saturated rings. The second-order valence-electron chi connectivity index (χ2n) is 2.63. The Hall–Kier alpha value is -1.65. The van der Waals surface area contributed by atoms with Crippen LogP contribution in [0.5, 0.6) is 0 Å². The number of carbonyl (C=O) groups excluding carboxylic acids is 1. The second kappa shape index (κ2) is 4.55. The van der Waals surface area contributed by atoms with Gasteiger partial charge >= 0.3 is 11.7 Å². The minimum atomic E-state index is -0.456. The van der Waals surface area contributed by atoms with Crippen LogP contribution in [0.15, 0.2) is 17.2 Å². The summed E-state index contributed by atoms with van der Waals surface area (Å²) in [4.78, 5) is 25.9. The molecule has 0 saturated carbocycles. The van der Waals surface area contributed by atoms with E-state index in [0.29, 0.717) is 18.7 Å². The van der Waals surface area contributed by atoms with E-state index in [0.717, 1.165) is 0 Å². The van der Waals surface area contributed by atoms with Gasteiger partial charge < -0.3 is 4.74 Å². The van der Waals surface area contributed by atoms with Crippen LogP contribution in [0.3, 0.4) is 0 Å². The van der Waals surface area contributed by atoms with Crippen molar-refractivity contribution < 1.29 is 9.53 Å². The first-order valence-corrected chi connectivity index (χ1v) is 4.42. The van der Waals surface area contributed by atoms with Gasteiger partial charge in [0.2, 0.25) is 0 Å². The molecular weight excluding hydrogens is 184 g/mol. The maximum Gasteiger partial charge on any atom is 0.347 e. The van der Waals surface area contributed by atoms with Gasteiger partial charge in [-0.2, -0.15) is 0 Å². The van der Waals surface area contributed by atoms with Gasteiger partial charge in [0.15, 0.2) is 0 Å². The largest absolute Gasteiger partial charge is 0.462 e. The Labute approximate surface area is 81.3 Å². The molecule has 0 bridgehead atoms. The normalized spacial score (nSPS) is 9.86. The second-order valence-corrected chi connectivity index (χ2v) is 2.63. The van der Waals surface area contributed by atoms with Crippen LogP contribution in [0, 0.1) is 0 Å². The number of nitrogens with zero attached hydrogens (tertiary/aromatic N) is 2. The van der Waals surface area contributed by atoms with E-state index in [1.165, 1.54) is 17.0 Å². The van der Waals surface area contributed by atoms with Gasteiger partial charge in [0.25, 0.3) is 0 Å². The van der Waals surface area contributed by atoms with E-state index in [9.17, 15) is 9.59 Å². The van der Waals surface area contributed by atoms with Crippen molar-refractivity contribution in [2.24, 2.45) is 0 Å². The van der Waals surface area contributed by atoms with E-state index in [1.807, 2.05) is 0 Å². The molecule has 1 aromatic rings. The predicted molar refractivity (Wildman–Crippen MR) is 50.1 cm³/mol. The first-order valence-electron chi connectivity index (χ1n) is 4.42. The number of rotatable bonds is 3. The molecule has 1 heterocycles. The van der Waals surface area contributed by atoms with Crippen molar-refractivity contribution in [1.29, 1.82) is 0 Å². The van der Waals surface area contributed by atoms with Crippen LogP contribution in [0.1, 0.15) is 24.2 Å². The van der Waals surface area contributed by atoms with E-state index in [-0.39, 0.29) is 5.69 Å². The maximum absolute atomic E-state index is 11.2. The number of aromatic nitrogens is 2. The van der Waals surface area contributed by atoms with Crippen LogP contribution in [0.4, 0.5) is 0 Å². The Bertz CT molecular complexity index is 384. The van der Waals surface area contributed by atoms with E-state index in [2.05, 4.69) is 4.98 Å². The molecule has 0 aliphatic heterocycles. The topological polar surface area (TPSA) is 61.2 Å². The molecule has 0 unspecified atom stereocenters. The first-order chi connectivity index (χ1) is 6.69. The Morgan fingerprint density at radius 1 is 1.57 bits per heavy atom. The van der Waals surface area contributed by atoms with Gasteiger partial charge in [-0.1, -0.05) is 0 Å². The molecule has 0 aromatic carbocycles. The number of esters is 1. The highest BCUT2D eigenvalue weighted by molar-refractivity contribution is 5.88. The SMILES string of the molecule is CCOC(=O)c1cnc(=O)n(CC)c1. The van der Waals surface area contributed by atoms with Crippen molar-refractivity contribution in [3.63, 3.8) is 0 Å². The van der Waals surface area contributed by atoms with Gasteiger partial charge in [-0.3, -0.25) is 4.57 Å². The summed E-state index contributed by atoms with van der Waals surface area (Å²) in [5.74, 6) is -0.456. The molecule has 0 aliphatic carbocycles. The number of aryl methyl sites for hydroxylation is 1. The summed E-state index contributed by atoms with van der Waals surface area (Å²) in [5, 5.41) is 0. The first kappa shape index (κ1) is 10.4. The average Bonchev–Trinajstić information content (AvgIpc) is 2.19. The third kappa shape index (κ3) is 2.18. The van der Waals surface area contributed by atoms with Crippen LogP contribution in [-0.4, -0.2) is 22.1 Å². The zero-order chi connectivity index (χ0) is 10.6. The van der Waals surface area contributed by atoms with E-state index >= 15 is 0 Å². The number of carbonyl (C=O) groups is 1. The van der Waals surface area contributed by atoms with Gasteiger partial charge in [-0.25, -0.2) is 14.6 Å². The van der Waals surface area contributed by atoms with Gasteiger partial charge in [0.05, 0.1) is 12.2 Å². The Kier molecular flexibility index (Phi) is 3.39. The molecule has 1 rings (SSSR count). The minimum Gasteiger partial charge on any atom is -0.462 e. The average molecular weight is 196 g/mol. The number of hydrogen-bond acceptors (Lipinski definition) is 4. The van der Waals surface area contributed by atoms with Gasteiger partial charge in [0.1, 0.15) is 0 Å². The molecule has 5 heteroatoms. The molecule has 14 heavy (non-hydrogen) atoms. The van der Waals surface area contributed by atoms with Crippen LogP contribution in [-0.2, 0) is 11.3 Å². The molecule has 1 aromatic heterocycles. The molecule has 0 saturated heterocycles. The Morgan fingerprint density at radius 2 is 2.29 bits per heavy atom. The summed E-state index contributed by atoms with van der Waals surface area (Å²) in [5.41, 5.74) is -0.0613. The van der Waals surface area contributed by atoms with Crippen molar-refractivity contribution in [1.82, 2.24) is 9.55 Å². The van der Waals surface area contributed by atoms with E-state index in [4.69, 9.17) is 4.74 Å². The molecule has 0 spiro atoms. The van der Waals surface area contributed by atoms with Crippen molar-refractivity contribution in [3.8, 4) is 0 Å². The summed E-state index contributed by atoms with van der Waals surface area (Å²) in [6, 6.07) is 0. The van der Waals surface area contributed by atoms with Gasteiger partial charge in [-0.15, -0.1) is 0 Å². The molecule has 0 atom stereocenters. The zero-order valence-corrected chi connectivity index (χ0v) is 8.19. The lowest BCUT2D eigenvalue weighted by Crippen LogP contribution is -2.23. The van der Waals surface area contributed by atoms with Crippen molar-refractivity contribution in [2.45, 2.75) is 20.4 Å². The van der Waals surface area contributed by atoms with Crippen molar-refractivity contribution in [3.05, 3.63) is 28.4 Å². The smallest absolute Gasteiger partial charge is 0.347 e. The third-order valence-corrected chi connectivity index (χ3v) is 1.71. The molecule has 0 N–H and O–H groups in total. The summed E-state index contributed by atoms with van der Waals surface area (Å²) in [6.07, 6.45) is 2.68. The fourth-order valence-electron chi connectivity index (χ4n) is 1.00.